The number of halogens is 1. The normalized spacial score (nSPS) is 18.2. The second-order valence-electron chi connectivity index (χ2n) is 5.05. The number of likely N-dealkylation sites (tertiary alicyclic amines) is 1. The van der Waals surface area contributed by atoms with Crippen LogP contribution in [-0.4, -0.2) is 44.0 Å². The summed E-state index contributed by atoms with van der Waals surface area (Å²) in [5, 5.41) is 3.13. The van der Waals surface area contributed by atoms with Crippen LogP contribution in [0.4, 0.5) is 0 Å². The van der Waals surface area contributed by atoms with E-state index in [0.29, 0.717) is 29.4 Å². The Bertz CT molecular complexity index is 548. The fraction of sp³-hybridized carbons (Fsp3) is 0.467. The minimum atomic E-state index is -0.155. The second kappa shape index (κ2) is 6.80. The summed E-state index contributed by atoms with van der Waals surface area (Å²) in [4.78, 5) is 26.1. The van der Waals surface area contributed by atoms with Crippen LogP contribution in [0.5, 0.6) is 5.75 Å². The van der Waals surface area contributed by atoms with E-state index in [-0.39, 0.29) is 17.7 Å². The largest absolute Gasteiger partial charge is 0.496 e. The molecule has 1 aromatic rings. The van der Waals surface area contributed by atoms with Crippen LogP contribution in [0.15, 0.2) is 18.2 Å². The molecular formula is C15H19ClN2O3. The highest BCUT2D eigenvalue weighted by Crippen LogP contribution is 2.26. The van der Waals surface area contributed by atoms with E-state index in [1.54, 1.807) is 30.1 Å². The highest BCUT2D eigenvalue weighted by atomic mass is 35.5. The highest BCUT2D eigenvalue weighted by molar-refractivity contribution is 6.31. The van der Waals surface area contributed by atoms with E-state index in [4.69, 9.17) is 16.3 Å². The van der Waals surface area contributed by atoms with Crippen molar-refractivity contribution in [1.29, 1.82) is 0 Å². The summed E-state index contributed by atoms with van der Waals surface area (Å²) in [6.45, 7) is 1.07. The first-order valence-corrected chi connectivity index (χ1v) is 7.29. The van der Waals surface area contributed by atoms with Gasteiger partial charge in [0.05, 0.1) is 18.6 Å². The Morgan fingerprint density at radius 1 is 1.43 bits per heavy atom. The molecule has 1 fully saturated rings. The Morgan fingerprint density at radius 2 is 2.19 bits per heavy atom. The number of nitrogens with zero attached hydrogens (tertiary/aromatic N) is 1. The fourth-order valence-corrected chi connectivity index (χ4v) is 2.77. The van der Waals surface area contributed by atoms with Gasteiger partial charge in [0.2, 0.25) is 5.91 Å². The molecule has 0 saturated carbocycles. The lowest BCUT2D eigenvalue weighted by Crippen LogP contribution is -2.44. The van der Waals surface area contributed by atoms with Crippen molar-refractivity contribution in [2.24, 2.45) is 5.92 Å². The topological polar surface area (TPSA) is 58.6 Å². The molecule has 21 heavy (non-hydrogen) atoms. The summed E-state index contributed by atoms with van der Waals surface area (Å²) in [5.41, 5.74) is 0.433. The quantitative estimate of drug-likeness (QED) is 0.928. The van der Waals surface area contributed by atoms with E-state index >= 15 is 0 Å². The van der Waals surface area contributed by atoms with Gasteiger partial charge in [0.1, 0.15) is 5.75 Å². The summed E-state index contributed by atoms with van der Waals surface area (Å²) >= 11 is 5.97. The van der Waals surface area contributed by atoms with Crippen LogP contribution >= 0.6 is 11.6 Å². The molecule has 1 aliphatic heterocycles. The molecule has 1 heterocycles. The Balaban J connectivity index is 2.19. The molecular weight excluding hydrogens is 292 g/mol. The van der Waals surface area contributed by atoms with Crippen molar-refractivity contribution in [2.45, 2.75) is 12.8 Å². The highest BCUT2D eigenvalue weighted by Gasteiger charge is 2.29. The van der Waals surface area contributed by atoms with E-state index in [1.165, 1.54) is 7.11 Å². The van der Waals surface area contributed by atoms with Gasteiger partial charge >= 0.3 is 0 Å². The van der Waals surface area contributed by atoms with E-state index in [1.807, 2.05) is 0 Å². The molecule has 114 valence electrons. The summed E-state index contributed by atoms with van der Waals surface area (Å²) in [5.74, 6) is 0.165. The maximum absolute atomic E-state index is 12.6. The maximum Gasteiger partial charge on any atom is 0.257 e. The number of carbonyl (C=O) groups excluding carboxylic acids is 2. The van der Waals surface area contributed by atoms with Gasteiger partial charge in [0.15, 0.2) is 0 Å². The molecule has 1 atom stereocenters. The molecule has 0 radical (unpaired) electrons. The number of nitrogens with one attached hydrogen (secondary N) is 1. The predicted octanol–water partition coefficient (Wildman–Crippen LogP) is 1.95. The van der Waals surface area contributed by atoms with Crippen molar-refractivity contribution in [3.05, 3.63) is 28.8 Å². The zero-order chi connectivity index (χ0) is 15.4. The zero-order valence-electron chi connectivity index (χ0n) is 12.2. The average molecular weight is 311 g/mol. The van der Waals surface area contributed by atoms with Gasteiger partial charge in [0.25, 0.3) is 5.91 Å². The molecule has 1 N–H and O–H groups in total. The number of benzene rings is 1. The van der Waals surface area contributed by atoms with Crippen molar-refractivity contribution in [3.8, 4) is 5.75 Å². The number of piperidine rings is 1. The van der Waals surface area contributed by atoms with Gasteiger partial charge in [-0.3, -0.25) is 9.59 Å². The Hall–Kier alpha value is -1.75. The summed E-state index contributed by atoms with van der Waals surface area (Å²) in [7, 11) is 3.13. The predicted molar refractivity (Wildman–Crippen MR) is 80.7 cm³/mol. The van der Waals surface area contributed by atoms with Gasteiger partial charge in [-0.05, 0) is 31.0 Å². The Morgan fingerprint density at radius 3 is 2.86 bits per heavy atom. The Kier molecular flexibility index (Phi) is 5.07. The molecule has 2 amide bonds. The lowest BCUT2D eigenvalue weighted by molar-refractivity contribution is -0.125. The van der Waals surface area contributed by atoms with E-state index < -0.39 is 0 Å². The SMILES string of the molecule is CNC(=O)[C@@H]1CCCN(C(=O)c2cc(Cl)ccc2OC)C1. The molecule has 1 saturated heterocycles. The van der Waals surface area contributed by atoms with Crippen LogP contribution in [0.2, 0.25) is 5.02 Å². The molecule has 0 spiro atoms. The first-order chi connectivity index (χ1) is 10.1. The smallest absolute Gasteiger partial charge is 0.257 e. The maximum atomic E-state index is 12.6. The van der Waals surface area contributed by atoms with Gasteiger partial charge in [-0.2, -0.15) is 0 Å². The van der Waals surface area contributed by atoms with Crippen molar-refractivity contribution >= 4 is 23.4 Å². The monoisotopic (exact) mass is 310 g/mol. The molecule has 0 aromatic heterocycles. The van der Waals surface area contributed by atoms with Crippen LogP contribution in [0.3, 0.4) is 0 Å². The van der Waals surface area contributed by atoms with Gasteiger partial charge in [-0.1, -0.05) is 11.6 Å². The number of ether oxygens (including phenoxy) is 1. The minimum absolute atomic E-state index is 0.0226. The van der Waals surface area contributed by atoms with Crippen molar-refractivity contribution < 1.29 is 14.3 Å². The van der Waals surface area contributed by atoms with Gasteiger partial charge in [-0.15, -0.1) is 0 Å². The molecule has 0 aliphatic carbocycles. The molecule has 0 unspecified atom stereocenters. The third-order valence-electron chi connectivity index (χ3n) is 3.72. The lowest BCUT2D eigenvalue weighted by Gasteiger charge is -2.32. The lowest BCUT2D eigenvalue weighted by atomic mass is 9.96. The summed E-state index contributed by atoms with van der Waals surface area (Å²) in [6, 6.07) is 4.96. The van der Waals surface area contributed by atoms with Crippen molar-refractivity contribution in [1.82, 2.24) is 10.2 Å². The number of carbonyl (C=O) groups is 2. The third kappa shape index (κ3) is 3.47. The van der Waals surface area contributed by atoms with Gasteiger partial charge in [-0.25, -0.2) is 0 Å². The number of hydrogen-bond acceptors (Lipinski definition) is 3. The summed E-state index contributed by atoms with van der Waals surface area (Å²) in [6.07, 6.45) is 1.61. The van der Waals surface area contributed by atoms with E-state index in [2.05, 4.69) is 5.32 Å². The third-order valence-corrected chi connectivity index (χ3v) is 3.95. The number of methoxy groups -OCH3 is 1. The average Bonchev–Trinajstić information content (AvgIpc) is 2.53. The molecule has 0 bridgehead atoms. The first-order valence-electron chi connectivity index (χ1n) is 6.91. The van der Waals surface area contributed by atoms with Gasteiger partial charge < -0.3 is 15.0 Å². The number of rotatable bonds is 3. The number of amides is 2. The first kappa shape index (κ1) is 15.6. The van der Waals surface area contributed by atoms with Crippen molar-refractivity contribution in [2.75, 3.05) is 27.2 Å². The second-order valence-corrected chi connectivity index (χ2v) is 5.49. The van der Waals surface area contributed by atoms with Crippen LogP contribution < -0.4 is 10.1 Å². The Labute approximate surface area is 129 Å². The molecule has 5 nitrogen and oxygen atoms in total. The molecule has 1 aromatic carbocycles. The van der Waals surface area contributed by atoms with Crippen LogP contribution in [0, 0.1) is 5.92 Å². The van der Waals surface area contributed by atoms with E-state index in [0.717, 1.165) is 12.8 Å². The molecule has 2 rings (SSSR count). The van der Waals surface area contributed by atoms with Crippen LogP contribution in [-0.2, 0) is 4.79 Å². The number of hydrogen-bond donors (Lipinski definition) is 1. The van der Waals surface area contributed by atoms with Crippen LogP contribution in [0.1, 0.15) is 23.2 Å². The standard InChI is InChI=1S/C15H19ClN2O3/c1-17-14(19)10-4-3-7-18(9-10)15(20)12-8-11(16)5-6-13(12)21-2/h5-6,8,10H,3-4,7,9H2,1-2H3,(H,17,19)/t10-/m1/s1. The van der Waals surface area contributed by atoms with E-state index in [9.17, 15) is 9.59 Å². The van der Waals surface area contributed by atoms with Gasteiger partial charge in [0, 0.05) is 25.2 Å². The fourth-order valence-electron chi connectivity index (χ4n) is 2.60. The molecule has 6 heteroatoms. The van der Waals surface area contributed by atoms with Crippen molar-refractivity contribution in [3.63, 3.8) is 0 Å². The molecule has 1 aliphatic rings. The summed E-state index contributed by atoms with van der Waals surface area (Å²) < 4.78 is 5.22. The minimum Gasteiger partial charge on any atom is -0.496 e. The zero-order valence-corrected chi connectivity index (χ0v) is 12.9. The van der Waals surface area contributed by atoms with Crippen LogP contribution in [0.25, 0.3) is 0 Å².